The van der Waals surface area contributed by atoms with Gasteiger partial charge in [-0.05, 0) is 41.5 Å². The maximum atomic E-state index is 13.4. The molecule has 0 aromatic heterocycles. The molecule has 0 saturated heterocycles. The van der Waals surface area contributed by atoms with E-state index in [-0.39, 0.29) is 17.2 Å². The highest BCUT2D eigenvalue weighted by Gasteiger charge is 2.35. The predicted octanol–water partition coefficient (Wildman–Crippen LogP) is 4.33. The molecule has 1 N–H and O–H groups in total. The summed E-state index contributed by atoms with van der Waals surface area (Å²) in [5.74, 6) is -1.24. The summed E-state index contributed by atoms with van der Waals surface area (Å²) in [6, 6.07) is 20.4. The average Bonchev–Trinajstić information content (AvgIpc) is 2.83. The lowest BCUT2D eigenvalue weighted by atomic mass is 9.92. The minimum atomic E-state index is -0.762. The molecule has 3 aromatic rings. The van der Waals surface area contributed by atoms with E-state index in [0.717, 1.165) is 11.1 Å². The number of benzene rings is 3. The van der Waals surface area contributed by atoms with Gasteiger partial charge in [0, 0.05) is 23.6 Å². The second kappa shape index (κ2) is 9.24. The Labute approximate surface area is 190 Å². The van der Waals surface area contributed by atoms with E-state index < -0.39 is 17.9 Å². The molecule has 0 aliphatic carbocycles. The number of rotatable bonds is 4. The zero-order valence-electron chi connectivity index (χ0n) is 17.4. The van der Waals surface area contributed by atoms with Crippen LogP contribution in [-0.4, -0.2) is 35.8 Å². The molecular weight excluding hydrogens is 428 g/mol. The molecule has 0 unspecified atom stereocenters. The van der Waals surface area contributed by atoms with E-state index in [4.69, 9.17) is 16.3 Å². The van der Waals surface area contributed by atoms with Gasteiger partial charge in [-0.3, -0.25) is 9.59 Å². The number of anilines is 1. The van der Waals surface area contributed by atoms with Crippen LogP contribution >= 0.6 is 11.6 Å². The van der Waals surface area contributed by atoms with Gasteiger partial charge in [0.1, 0.15) is 6.04 Å². The third kappa shape index (κ3) is 4.36. The zero-order chi connectivity index (χ0) is 22.7. The first-order valence-corrected chi connectivity index (χ1v) is 10.5. The highest BCUT2D eigenvalue weighted by atomic mass is 35.5. The number of hydrogen-bond acceptors (Lipinski definition) is 4. The molecule has 32 heavy (non-hydrogen) atoms. The molecule has 7 heteroatoms. The number of esters is 1. The fraction of sp³-hybridized carbons (Fsp3) is 0.160. The molecule has 3 aromatic carbocycles. The Morgan fingerprint density at radius 1 is 0.969 bits per heavy atom. The van der Waals surface area contributed by atoms with E-state index >= 15 is 0 Å². The van der Waals surface area contributed by atoms with Crippen molar-refractivity contribution in [3.63, 3.8) is 0 Å². The largest absolute Gasteiger partial charge is 0.465 e. The van der Waals surface area contributed by atoms with E-state index in [0.29, 0.717) is 23.6 Å². The van der Waals surface area contributed by atoms with Crippen molar-refractivity contribution in [3.05, 3.63) is 100 Å². The summed E-state index contributed by atoms with van der Waals surface area (Å²) in [5.41, 5.74) is 2.92. The molecule has 0 spiro atoms. The fourth-order valence-electron chi connectivity index (χ4n) is 3.84. The van der Waals surface area contributed by atoms with Crippen molar-refractivity contribution < 1.29 is 19.1 Å². The highest BCUT2D eigenvalue weighted by Crippen LogP contribution is 2.27. The van der Waals surface area contributed by atoms with Crippen molar-refractivity contribution >= 4 is 35.1 Å². The minimum absolute atomic E-state index is 0.183. The highest BCUT2D eigenvalue weighted by molar-refractivity contribution is 6.31. The SMILES string of the molecule is COC(=O)c1ccc(Cl)cc1NC(=O)[C@@H]1Cc2ccccc2CN1C(=O)c1ccccc1. The fourth-order valence-corrected chi connectivity index (χ4v) is 4.01. The van der Waals surface area contributed by atoms with Gasteiger partial charge in [-0.15, -0.1) is 0 Å². The third-order valence-electron chi connectivity index (χ3n) is 5.48. The topological polar surface area (TPSA) is 75.7 Å². The van der Waals surface area contributed by atoms with Crippen LogP contribution in [0.1, 0.15) is 31.8 Å². The van der Waals surface area contributed by atoms with Crippen LogP contribution in [-0.2, 0) is 22.5 Å². The van der Waals surface area contributed by atoms with E-state index in [2.05, 4.69) is 5.32 Å². The van der Waals surface area contributed by atoms with Crippen molar-refractivity contribution in [1.29, 1.82) is 0 Å². The molecule has 0 saturated carbocycles. The molecule has 1 heterocycles. The lowest BCUT2D eigenvalue weighted by Gasteiger charge is -2.36. The van der Waals surface area contributed by atoms with E-state index in [9.17, 15) is 14.4 Å². The van der Waals surface area contributed by atoms with Gasteiger partial charge in [0.2, 0.25) is 5.91 Å². The molecule has 0 bridgehead atoms. The average molecular weight is 449 g/mol. The number of hydrogen-bond donors (Lipinski definition) is 1. The summed E-state index contributed by atoms with van der Waals surface area (Å²) in [7, 11) is 1.26. The van der Waals surface area contributed by atoms with Gasteiger partial charge in [-0.25, -0.2) is 4.79 Å². The summed E-state index contributed by atoms with van der Waals surface area (Å²) >= 11 is 6.09. The Bertz CT molecular complexity index is 1180. The van der Waals surface area contributed by atoms with Crippen LogP contribution in [0.25, 0.3) is 0 Å². The number of halogens is 1. The molecule has 162 valence electrons. The Morgan fingerprint density at radius 2 is 1.66 bits per heavy atom. The third-order valence-corrected chi connectivity index (χ3v) is 5.71. The lowest BCUT2D eigenvalue weighted by molar-refractivity contribution is -0.121. The van der Waals surface area contributed by atoms with Crippen LogP contribution in [0.4, 0.5) is 5.69 Å². The predicted molar refractivity (Wildman–Crippen MR) is 122 cm³/mol. The molecule has 1 aliphatic heterocycles. The maximum Gasteiger partial charge on any atom is 0.339 e. The quantitative estimate of drug-likeness (QED) is 0.603. The normalized spacial score (nSPS) is 14.9. The van der Waals surface area contributed by atoms with E-state index in [1.807, 2.05) is 30.3 Å². The maximum absolute atomic E-state index is 13.4. The van der Waals surface area contributed by atoms with Gasteiger partial charge in [-0.1, -0.05) is 54.1 Å². The van der Waals surface area contributed by atoms with Crippen molar-refractivity contribution in [2.24, 2.45) is 0 Å². The summed E-state index contributed by atoms with van der Waals surface area (Å²) in [6.45, 7) is 0.307. The number of carbonyl (C=O) groups is 3. The first-order chi connectivity index (χ1) is 15.5. The summed E-state index contributed by atoms with van der Waals surface area (Å²) in [4.78, 5) is 40.4. The molecule has 2 amide bonds. The molecule has 1 atom stereocenters. The van der Waals surface area contributed by atoms with E-state index in [1.165, 1.54) is 19.2 Å². The van der Waals surface area contributed by atoms with Gasteiger partial charge in [0.25, 0.3) is 5.91 Å². The van der Waals surface area contributed by atoms with Crippen molar-refractivity contribution in [2.45, 2.75) is 19.0 Å². The van der Waals surface area contributed by atoms with Crippen LogP contribution in [0.3, 0.4) is 0 Å². The summed E-state index contributed by atoms with van der Waals surface area (Å²) in [5, 5.41) is 3.15. The van der Waals surface area contributed by atoms with Gasteiger partial charge in [-0.2, -0.15) is 0 Å². The first kappa shape index (κ1) is 21.6. The number of amides is 2. The first-order valence-electron chi connectivity index (χ1n) is 10.1. The molecule has 6 nitrogen and oxygen atoms in total. The summed E-state index contributed by atoms with van der Waals surface area (Å²) in [6.07, 6.45) is 0.356. The van der Waals surface area contributed by atoms with Gasteiger partial charge in [0.15, 0.2) is 0 Å². The molecule has 4 rings (SSSR count). The Hall–Kier alpha value is -3.64. The Morgan fingerprint density at radius 3 is 2.38 bits per heavy atom. The number of nitrogens with one attached hydrogen (secondary N) is 1. The second-order valence-corrected chi connectivity index (χ2v) is 7.89. The second-order valence-electron chi connectivity index (χ2n) is 7.46. The lowest BCUT2D eigenvalue weighted by Crippen LogP contribution is -2.50. The zero-order valence-corrected chi connectivity index (χ0v) is 18.1. The number of nitrogens with zero attached hydrogens (tertiary/aromatic N) is 1. The molecular formula is C25H21ClN2O4. The number of carbonyl (C=O) groups excluding carboxylic acids is 3. The van der Waals surface area contributed by atoms with Crippen molar-refractivity contribution in [2.75, 3.05) is 12.4 Å². The molecule has 1 aliphatic rings. The van der Waals surface area contributed by atoms with Gasteiger partial charge < -0.3 is 15.0 Å². The van der Waals surface area contributed by atoms with Crippen LogP contribution in [0.2, 0.25) is 5.02 Å². The minimum Gasteiger partial charge on any atom is -0.465 e. The Balaban J connectivity index is 1.68. The van der Waals surface area contributed by atoms with Crippen LogP contribution < -0.4 is 5.32 Å². The van der Waals surface area contributed by atoms with E-state index in [1.54, 1.807) is 35.2 Å². The van der Waals surface area contributed by atoms with Crippen LogP contribution in [0, 0.1) is 0 Å². The molecule has 0 fully saturated rings. The van der Waals surface area contributed by atoms with Crippen molar-refractivity contribution in [1.82, 2.24) is 4.90 Å². The smallest absolute Gasteiger partial charge is 0.339 e. The number of methoxy groups -OCH3 is 1. The standard InChI is InChI=1S/C25H21ClN2O4/c1-32-25(31)20-12-11-19(26)14-21(20)27-23(29)22-13-17-9-5-6-10-18(17)15-28(22)24(30)16-7-3-2-4-8-16/h2-12,14,22H,13,15H2,1H3,(H,27,29)/t22-/m0/s1. The Kier molecular flexibility index (Phi) is 6.23. The molecule has 0 radical (unpaired) electrons. The summed E-state index contributed by atoms with van der Waals surface area (Å²) < 4.78 is 4.81. The van der Waals surface area contributed by atoms with Crippen molar-refractivity contribution in [3.8, 4) is 0 Å². The van der Waals surface area contributed by atoms with Gasteiger partial charge >= 0.3 is 5.97 Å². The number of fused-ring (bicyclic) bond motifs is 1. The monoisotopic (exact) mass is 448 g/mol. The van der Waals surface area contributed by atoms with Crippen LogP contribution in [0.15, 0.2) is 72.8 Å². The van der Waals surface area contributed by atoms with Gasteiger partial charge in [0.05, 0.1) is 18.4 Å². The van der Waals surface area contributed by atoms with Crippen LogP contribution in [0.5, 0.6) is 0 Å². The number of ether oxygens (including phenoxy) is 1.